The van der Waals surface area contributed by atoms with Crippen LogP contribution in [0.2, 0.25) is 0 Å². The monoisotopic (exact) mass is 506 g/mol. The number of hydrogen-bond acceptors (Lipinski definition) is 4. The first-order valence-electron chi connectivity index (χ1n) is 15.4. The SMILES string of the molecule is CC[C@H]1C(O)C2C(CCC[C@@H](OC3CCCCO3)C[C@@H]1C)CC[C@@]1(C)C2CCC1[C@H](C)CCC(=O)O. The summed E-state index contributed by atoms with van der Waals surface area (Å²) in [4.78, 5) is 11.2. The third-order valence-corrected chi connectivity index (χ3v) is 11.3. The smallest absolute Gasteiger partial charge is 0.303 e. The third-order valence-electron chi connectivity index (χ3n) is 11.3. The van der Waals surface area contributed by atoms with Gasteiger partial charge >= 0.3 is 5.97 Å². The van der Waals surface area contributed by atoms with E-state index < -0.39 is 5.97 Å². The van der Waals surface area contributed by atoms with Crippen molar-refractivity contribution in [2.24, 2.45) is 46.8 Å². The normalized spacial score (nSPS) is 44.9. The van der Waals surface area contributed by atoms with E-state index in [9.17, 15) is 15.0 Å². The zero-order chi connectivity index (χ0) is 25.9. The van der Waals surface area contributed by atoms with Gasteiger partial charge in [0.2, 0.25) is 0 Å². The maximum atomic E-state index is 12.1. The Balaban J connectivity index is 1.49. The van der Waals surface area contributed by atoms with Crippen molar-refractivity contribution >= 4 is 5.97 Å². The Kier molecular flexibility index (Phi) is 9.82. The molecule has 4 fully saturated rings. The van der Waals surface area contributed by atoms with E-state index in [0.29, 0.717) is 41.4 Å². The number of fused-ring (bicyclic) bond motifs is 3. The summed E-state index contributed by atoms with van der Waals surface area (Å²) in [7, 11) is 0. The molecule has 36 heavy (non-hydrogen) atoms. The summed E-state index contributed by atoms with van der Waals surface area (Å²) in [5.74, 6) is 2.61. The summed E-state index contributed by atoms with van der Waals surface area (Å²) >= 11 is 0. The highest BCUT2D eigenvalue weighted by Gasteiger charge is 2.57. The average Bonchev–Trinajstić information content (AvgIpc) is 3.20. The molecule has 1 aliphatic heterocycles. The van der Waals surface area contributed by atoms with E-state index in [1.54, 1.807) is 0 Å². The summed E-state index contributed by atoms with van der Waals surface area (Å²) in [6.07, 6.45) is 14.7. The molecule has 0 radical (unpaired) electrons. The lowest BCUT2D eigenvalue weighted by Crippen LogP contribution is -2.50. The highest BCUT2D eigenvalue weighted by Crippen LogP contribution is 2.63. The molecule has 4 rings (SSSR count). The van der Waals surface area contributed by atoms with Crippen molar-refractivity contribution in [1.29, 1.82) is 0 Å². The number of aliphatic carboxylic acids is 1. The van der Waals surface area contributed by atoms with Crippen molar-refractivity contribution in [2.45, 2.75) is 136 Å². The van der Waals surface area contributed by atoms with E-state index in [1.807, 2.05) is 0 Å². The van der Waals surface area contributed by atoms with Gasteiger partial charge in [-0.2, -0.15) is 0 Å². The summed E-state index contributed by atoms with van der Waals surface area (Å²) in [6.45, 7) is 10.2. The number of aliphatic hydroxyl groups is 1. The lowest BCUT2D eigenvalue weighted by Gasteiger charge is -2.53. The fourth-order valence-corrected chi connectivity index (χ4v) is 9.39. The molecule has 208 valence electrons. The highest BCUT2D eigenvalue weighted by molar-refractivity contribution is 5.66. The molecular formula is C31H54O5. The molecule has 3 aliphatic carbocycles. The number of ether oxygens (including phenoxy) is 2. The van der Waals surface area contributed by atoms with E-state index in [-0.39, 0.29) is 30.3 Å². The van der Waals surface area contributed by atoms with E-state index in [4.69, 9.17) is 9.47 Å². The molecule has 1 saturated heterocycles. The second-order valence-corrected chi connectivity index (χ2v) is 13.3. The van der Waals surface area contributed by atoms with Crippen molar-refractivity contribution in [3.8, 4) is 0 Å². The van der Waals surface area contributed by atoms with E-state index in [0.717, 1.165) is 45.1 Å². The Morgan fingerprint density at radius 2 is 1.92 bits per heavy atom. The second kappa shape index (κ2) is 12.5. The minimum Gasteiger partial charge on any atom is -0.481 e. The fourth-order valence-electron chi connectivity index (χ4n) is 9.39. The van der Waals surface area contributed by atoms with Gasteiger partial charge in [0, 0.05) is 13.0 Å². The van der Waals surface area contributed by atoms with Gasteiger partial charge < -0.3 is 19.7 Å². The summed E-state index contributed by atoms with van der Waals surface area (Å²) < 4.78 is 12.4. The zero-order valence-corrected chi connectivity index (χ0v) is 23.5. The Morgan fingerprint density at radius 3 is 2.61 bits per heavy atom. The number of carbonyl (C=O) groups is 1. The predicted octanol–water partition coefficient (Wildman–Crippen LogP) is 7.06. The molecule has 1 heterocycles. The Hall–Kier alpha value is -0.650. The summed E-state index contributed by atoms with van der Waals surface area (Å²) in [5.41, 5.74) is 0.232. The molecule has 6 unspecified atom stereocenters. The third kappa shape index (κ3) is 6.15. The molecule has 5 nitrogen and oxygen atoms in total. The molecule has 0 aromatic heterocycles. The van der Waals surface area contributed by atoms with E-state index in [2.05, 4.69) is 27.7 Å². The van der Waals surface area contributed by atoms with Crippen LogP contribution in [0.4, 0.5) is 0 Å². The molecule has 0 spiro atoms. The van der Waals surface area contributed by atoms with Crippen LogP contribution in [-0.4, -0.2) is 41.3 Å². The van der Waals surface area contributed by atoms with Crippen LogP contribution in [0.15, 0.2) is 0 Å². The molecule has 0 amide bonds. The summed E-state index contributed by atoms with van der Waals surface area (Å²) in [5, 5.41) is 21.3. The maximum Gasteiger partial charge on any atom is 0.303 e. The number of rotatable bonds is 7. The van der Waals surface area contributed by atoms with Gasteiger partial charge in [-0.05, 0) is 117 Å². The molecular weight excluding hydrogens is 452 g/mol. The second-order valence-electron chi connectivity index (χ2n) is 13.3. The van der Waals surface area contributed by atoms with E-state index in [1.165, 1.54) is 44.9 Å². The van der Waals surface area contributed by atoms with Crippen LogP contribution in [0.5, 0.6) is 0 Å². The number of hydrogen-bond donors (Lipinski definition) is 2. The highest BCUT2D eigenvalue weighted by atomic mass is 16.7. The quantitative estimate of drug-likeness (QED) is 0.387. The predicted molar refractivity (Wildman–Crippen MR) is 142 cm³/mol. The van der Waals surface area contributed by atoms with Crippen LogP contribution in [0.1, 0.15) is 118 Å². The van der Waals surface area contributed by atoms with Gasteiger partial charge in [-0.15, -0.1) is 0 Å². The van der Waals surface area contributed by atoms with Crippen LogP contribution in [0.25, 0.3) is 0 Å². The first-order chi connectivity index (χ1) is 17.2. The largest absolute Gasteiger partial charge is 0.481 e. The molecule has 2 N–H and O–H groups in total. The van der Waals surface area contributed by atoms with Crippen molar-refractivity contribution in [1.82, 2.24) is 0 Å². The van der Waals surface area contributed by atoms with E-state index >= 15 is 0 Å². The van der Waals surface area contributed by atoms with Gasteiger partial charge in [0.05, 0.1) is 12.2 Å². The van der Waals surface area contributed by atoms with Gasteiger partial charge in [-0.1, -0.05) is 40.5 Å². The zero-order valence-electron chi connectivity index (χ0n) is 23.5. The van der Waals surface area contributed by atoms with Crippen molar-refractivity contribution in [3.63, 3.8) is 0 Å². The Labute approximate surface area is 220 Å². The lowest BCUT2D eigenvalue weighted by atomic mass is 9.53. The molecule has 11 atom stereocenters. The molecule has 0 bridgehead atoms. The number of carboxylic acid groups (broad SMARTS) is 1. The topological polar surface area (TPSA) is 76.0 Å². The minimum atomic E-state index is -0.676. The van der Waals surface area contributed by atoms with Gasteiger partial charge in [0.15, 0.2) is 6.29 Å². The molecule has 3 saturated carbocycles. The van der Waals surface area contributed by atoms with Crippen LogP contribution < -0.4 is 0 Å². The lowest BCUT2D eigenvalue weighted by molar-refractivity contribution is -0.195. The Bertz CT molecular complexity index is 705. The molecule has 0 aromatic rings. The molecule has 5 heteroatoms. The van der Waals surface area contributed by atoms with Crippen molar-refractivity contribution in [3.05, 3.63) is 0 Å². The Morgan fingerprint density at radius 1 is 1.11 bits per heavy atom. The van der Waals surface area contributed by atoms with Crippen LogP contribution in [0, 0.1) is 46.8 Å². The fraction of sp³-hybridized carbons (Fsp3) is 0.968. The van der Waals surface area contributed by atoms with Crippen LogP contribution >= 0.6 is 0 Å². The van der Waals surface area contributed by atoms with Crippen molar-refractivity contribution < 1.29 is 24.5 Å². The maximum absolute atomic E-state index is 12.1. The first-order valence-corrected chi connectivity index (χ1v) is 15.4. The van der Waals surface area contributed by atoms with Gasteiger partial charge in [-0.25, -0.2) is 0 Å². The van der Waals surface area contributed by atoms with Gasteiger partial charge in [0.25, 0.3) is 0 Å². The van der Waals surface area contributed by atoms with Crippen LogP contribution in [-0.2, 0) is 14.3 Å². The molecule has 0 aromatic carbocycles. The van der Waals surface area contributed by atoms with Crippen molar-refractivity contribution in [2.75, 3.05) is 6.61 Å². The standard InChI is InChI=1S/C31H54O5/c1-5-24-21(3)19-23(36-28-11-6-7-18-35-28)10-8-9-22-16-17-31(4)25(20(2)12-15-27(32)33)13-14-26(31)29(22)30(24)34/h20-26,28-30,34H,5-19H2,1-4H3,(H,32,33)/t20-,21+,22?,23-,24-,25?,26?,28?,29?,30?,31-/m1/s1. The first kappa shape index (κ1) is 28.4. The van der Waals surface area contributed by atoms with Crippen LogP contribution in [0.3, 0.4) is 0 Å². The summed E-state index contributed by atoms with van der Waals surface area (Å²) in [6, 6.07) is 0. The average molecular weight is 507 g/mol. The van der Waals surface area contributed by atoms with Gasteiger partial charge in [-0.3, -0.25) is 4.79 Å². The van der Waals surface area contributed by atoms with Gasteiger partial charge in [0.1, 0.15) is 0 Å². The molecule has 4 aliphatic rings. The number of aliphatic hydroxyl groups excluding tert-OH is 1. The number of carboxylic acids is 1. The minimum absolute atomic E-state index is 0.0365.